The highest BCUT2D eigenvalue weighted by molar-refractivity contribution is 7.99. The van der Waals surface area contributed by atoms with Crippen LogP contribution in [0.25, 0.3) is 0 Å². The fourth-order valence-corrected chi connectivity index (χ4v) is 2.92. The van der Waals surface area contributed by atoms with Crippen LogP contribution in [0.2, 0.25) is 0 Å². The summed E-state index contributed by atoms with van der Waals surface area (Å²) in [5.74, 6) is -0.178. The van der Waals surface area contributed by atoms with Gasteiger partial charge in [-0.2, -0.15) is 21.6 Å². The number of carbonyl (C=O) groups excluding carboxylic acids is 1. The first-order valence-electron chi connectivity index (χ1n) is 5.01. The minimum atomic E-state index is -5.71. The molecule has 104 valence electrons. The molecular formula is C10H7F3O4S2. The molecule has 9 heteroatoms. The van der Waals surface area contributed by atoms with E-state index in [1.165, 1.54) is 17.8 Å². The zero-order valence-electron chi connectivity index (χ0n) is 9.23. The second-order valence-corrected chi connectivity index (χ2v) is 6.34. The van der Waals surface area contributed by atoms with E-state index in [1.807, 2.05) is 0 Å². The van der Waals surface area contributed by atoms with Gasteiger partial charge in [-0.25, -0.2) is 0 Å². The van der Waals surface area contributed by atoms with Crippen LogP contribution in [0.3, 0.4) is 0 Å². The van der Waals surface area contributed by atoms with Gasteiger partial charge in [-0.15, -0.1) is 11.8 Å². The molecule has 0 spiro atoms. The lowest BCUT2D eigenvalue weighted by atomic mass is 10.1. The molecule has 0 N–H and O–H groups in total. The van der Waals surface area contributed by atoms with Crippen molar-refractivity contribution in [2.75, 3.05) is 5.75 Å². The van der Waals surface area contributed by atoms with Gasteiger partial charge in [-0.1, -0.05) is 0 Å². The Balaban J connectivity index is 2.34. The van der Waals surface area contributed by atoms with Crippen LogP contribution in [0, 0.1) is 0 Å². The SMILES string of the molecule is O=C1CCSc2ccc(OS(=O)(=O)C(F)(F)F)cc21. The summed E-state index contributed by atoms with van der Waals surface area (Å²) in [4.78, 5) is 12.2. The van der Waals surface area contributed by atoms with Crippen LogP contribution < -0.4 is 4.18 Å². The van der Waals surface area contributed by atoms with Crippen LogP contribution in [0.1, 0.15) is 16.8 Å². The third-order valence-electron chi connectivity index (χ3n) is 2.33. The molecule has 0 aromatic heterocycles. The van der Waals surface area contributed by atoms with Gasteiger partial charge < -0.3 is 4.18 Å². The Morgan fingerprint density at radius 3 is 2.58 bits per heavy atom. The Bertz CT molecular complexity index is 622. The lowest BCUT2D eigenvalue weighted by Crippen LogP contribution is -2.28. The summed E-state index contributed by atoms with van der Waals surface area (Å²) in [5.41, 5.74) is -5.31. The molecule has 1 heterocycles. The van der Waals surface area contributed by atoms with Crippen LogP contribution in [-0.2, 0) is 10.1 Å². The molecule has 0 bridgehead atoms. The summed E-state index contributed by atoms with van der Waals surface area (Å²) in [6, 6.07) is 3.49. The average Bonchev–Trinajstić information content (AvgIpc) is 2.28. The number of alkyl halides is 3. The molecule has 0 aliphatic carbocycles. The molecule has 0 amide bonds. The molecule has 0 saturated heterocycles. The fourth-order valence-electron chi connectivity index (χ4n) is 1.47. The minimum Gasteiger partial charge on any atom is -0.376 e. The van der Waals surface area contributed by atoms with Gasteiger partial charge in [-0.3, -0.25) is 4.79 Å². The van der Waals surface area contributed by atoms with Gasteiger partial charge in [-0.05, 0) is 18.2 Å². The van der Waals surface area contributed by atoms with Crippen molar-refractivity contribution < 1.29 is 30.6 Å². The van der Waals surface area contributed by atoms with E-state index in [0.29, 0.717) is 10.6 Å². The number of fused-ring (bicyclic) bond motifs is 1. The fraction of sp³-hybridized carbons (Fsp3) is 0.300. The molecule has 1 aliphatic heterocycles. The predicted molar refractivity (Wildman–Crippen MR) is 61.7 cm³/mol. The minimum absolute atomic E-state index is 0.186. The maximum Gasteiger partial charge on any atom is 0.534 e. The number of hydrogen-bond donors (Lipinski definition) is 0. The highest BCUT2D eigenvalue weighted by Crippen LogP contribution is 2.34. The molecular weight excluding hydrogens is 305 g/mol. The van der Waals surface area contributed by atoms with E-state index < -0.39 is 21.4 Å². The Kier molecular flexibility index (Phi) is 3.52. The molecule has 4 nitrogen and oxygen atoms in total. The van der Waals surface area contributed by atoms with Crippen LogP contribution in [0.5, 0.6) is 5.75 Å². The summed E-state index contributed by atoms with van der Waals surface area (Å²) < 4.78 is 62.1. The summed E-state index contributed by atoms with van der Waals surface area (Å²) in [5, 5.41) is 0. The zero-order chi connectivity index (χ0) is 14.3. The molecule has 2 rings (SSSR count). The maximum absolute atomic E-state index is 12.2. The van der Waals surface area contributed by atoms with Crippen LogP contribution in [0.15, 0.2) is 23.1 Å². The normalized spacial score (nSPS) is 16.1. The molecule has 0 unspecified atom stereocenters. The van der Waals surface area contributed by atoms with Gasteiger partial charge in [0.1, 0.15) is 5.75 Å². The first-order chi connectivity index (χ1) is 8.71. The standard InChI is InChI=1S/C10H7F3O4S2/c11-10(12,13)19(15,16)17-6-1-2-9-7(5-6)8(14)3-4-18-9/h1-2,5H,3-4H2. The van der Waals surface area contributed by atoms with E-state index >= 15 is 0 Å². The largest absolute Gasteiger partial charge is 0.534 e. The topological polar surface area (TPSA) is 60.4 Å². The number of ketones is 1. The van der Waals surface area contributed by atoms with Gasteiger partial charge in [0, 0.05) is 22.6 Å². The van der Waals surface area contributed by atoms with Crippen LogP contribution in [0.4, 0.5) is 13.2 Å². The Morgan fingerprint density at radius 1 is 1.26 bits per heavy atom. The second kappa shape index (κ2) is 4.71. The van der Waals surface area contributed by atoms with Crippen molar-refractivity contribution in [2.24, 2.45) is 0 Å². The molecule has 1 aromatic carbocycles. The molecule has 0 saturated carbocycles. The van der Waals surface area contributed by atoms with Crippen molar-refractivity contribution in [1.82, 2.24) is 0 Å². The summed E-state index contributed by atoms with van der Waals surface area (Å²) in [7, 11) is -5.71. The zero-order valence-corrected chi connectivity index (χ0v) is 10.9. The first kappa shape index (κ1) is 14.2. The first-order valence-corrected chi connectivity index (χ1v) is 7.41. The van der Waals surface area contributed by atoms with E-state index in [0.717, 1.165) is 12.1 Å². The Labute approximate surface area is 111 Å². The number of hydrogen-bond acceptors (Lipinski definition) is 5. The van der Waals surface area contributed by atoms with E-state index in [4.69, 9.17) is 0 Å². The molecule has 0 fully saturated rings. The monoisotopic (exact) mass is 312 g/mol. The Hall–Kier alpha value is -1.22. The smallest absolute Gasteiger partial charge is 0.376 e. The number of thioether (sulfide) groups is 1. The highest BCUT2D eigenvalue weighted by atomic mass is 32.2. The Morgan fingerprint density at radius 2 is 1.95 bits per heavy atom. The third-order valence-corrected chi connectivity index (χ3v) is 4.38. The van der Waals surface area contributed by atoms with Crippen molar-refractivity contribution in [3.05, 3.63) is 23.8 Å². The summed E-state index contributed by atoms with van der Waals surface area (Å²) in [6.07, 6.45) is 0.257. The average molecular weight is 312 g/mol. The van der Waals surface area contributed by atoms with Crippen molar-refractivity contribution >= 4 is 27.7 Å². The number of Topliss-reactive ketones (excluding diaryl/α,β-unsaturated/α-hetero) is 1. The molecule has 0 atom stereocenters. The number of benzene rings is 1. The van der Waals surface area contributed by atoms with Crippen LogP contribution >= 0.6 is 11.8 Å². The predicted octanol–water partition coefficient (Wildman–Crippen LogP) is 2.59. The lowest BCUT2D eigenvalue weighted by Gasteiger charge is -2.15. The maximum atomic E-state index is 12.2. The number of rotatable bonds is 2. The van der Waals surface area contributed by atoms with Crippen molar-refractivity contribution in [3.8, 4) is 5.75 Å². The van der Waals surface area contributed by atoms with Crippen LogP contribution in [-0.4, -0.2) is 25.5 Å². The van der Waals surface area contributed by atoms with Crippen molar-refractivity contribution in [1.29, 1.82) is 0 Å². The van der Waals surface area contributed by atoms with Gasteiger partial charge in [0.2, 0.25) is 0 Å². The molecule has 0 radical (unpaired) electrons. The second-order valence-electron chi connectivity index (χ2n) is 3.66. The van der Waals surface area contributed by atoms with E-state index in [9.17, 15) is 26.4 Å². The van der Waals surface area contributed by atoms with Gasteiger partial charge in [0.05, 0.1) is 0 Å². The van der Waals surface area contributed by atoms with Gasteiger partial charge in [0.15, 0.2) is 5.78 Å². The van der Waals surface area contributed by atoms with E-state index in [2.05, 4.69) is 4.18 Å². The molecule has 19 heavy (non-hydrogen) atoms. The summed E-state index contributed by atoms with van der Waals surface area (Å²) in [6.45, 7) is 0. The third kappa shape index (κ3) is 2.86. The highest BCUT2D eigenvalue weighted by Gasteiger charge is 2.48. The molecule has 1 aliphatic rings. The van der Waals surface area contributed by atoms with E-state index in [-0.39, 0.29) is 17.8 Å². The van der Waals surface area contributed by atoms with Crippen molar-refractivity contribution in [3.63, 3.8) is 0 Å². The van der Waals surface area contributed by atoms with Gasteiger partial charge in [0.25, 0.3) is 0 Å². The van der Waals surface area contributed by atoms with Gasteiger partial charge >= 0.3 is 15.6 Å². The lowest BCUT2D eigenvalue weighted by molar-refractivity contribution is -0.0500. The van der Waals surface area contributed by atoms with Crippen molar-refractivity contribution in [2.45, 2.75) is 16.8 Å². The van der Waals surface area contributed by atoms with E-state index in [1.54, 1.807) is 0 Å². The number of carbonyl (C=O) groups is 1. The molecule has 1 aromatic rings. The quantitative estimate of drug-likeness (QED) is 0.620. The number of halogens is 3. The summed E-state index contributed by atoms with van der Waals surface area (Å²) >= 11 is 1.38.